The summed E-state index contributed by atoms with van der Waals surface area (Å²) in [6.45, 7) is 8.65. The molecule has 0 aliphatic carbocycles. The minimum absolute atomic E-state index is 0.146. The lowest BCUT2D eigenvalue weighted by atomic mass is 9.85. The van der Waals surface area contributed by atoms with Gasteiger partial charge in [-0.2, -0.15) is 5.10 Å². The third-order valence-corrected chi connectivity index (χ3v) is 7.09. The number of nitrogens with zero attached hydrogens (tertiary/aromatic N) is 5. The monoisotopic (exact) mass is 506 g/mol. The molecule has 2 aliphatic heterocycles. The summed E-state index contributed by atoms with van der Waals surface area (Å²) in [5.41, 5.74) is 0.393. The normalized spacial score (nSPS) is 17.6. The smallest absolute Gasteiger partial charge is 0.326 e. The first kappa shape index (κ1) is 26.2. The number of allylic oxidation sites excluding steroid dienone is 1. The zero-order chi connectivity index (χ0) is 26.8. The van der Waals surface area contributed by atoms with E-state index in [1.54, 1.807) is 29.2 Å². The molecule has 4 rings (SSSR count). The third-order valence-electron chi connectivity index (χ3n) is 7.09. The number of carbonyl (C=O) groups excluding carboxylic acids is 2. The van der Waals surface area contributed by atoms with Gasteiger partial charge in [-0.1, -0.05) is 18.7 Å². The number of carbonyl (C=O) groups is 2. The maximum Gasteiger partial charge on any atom is 0.326 e. The molecule has 1 spiro atoms. The van der Waals surface area contributed by atoms with Crippen molar-refractivity contribution in [3.8, 4) is 5.75 Å². The van der Waals surface area contributed by atoms with Crippen molar-refractivity contribution in [3.05, 3.63) is 60.3 Å². The Kier molecular flexibility index (Phi) is 7.22. The van der Waals surface area contributed by atoms with Gasteiger partial charge in [0.15, 0.2) is 0 Å². The molecule has 0 bridgehead atoms. The van der Waals surface area contributed by atoms with E-state index in [-0.39, 0.29) is 11.9 Å². The number of likely N-dealkylation sites (tertiary alicyclic amines) is 1. The van der Waals surface area contributed by atoms with Crippen LogP contribution in [0.1, 0.15) is 37.8 Å². The van der Waals surface area contributed by atoms with Crippen LogP contribution in [0.5, 0.6) is 5.75 Å². The van der Waals surface area contributed by atoms with E-state index in [9.17, 15) is 14.7 Å². The Morgan fingerprint density at radius 1 is 1.30 bits per heavy atom. The SMILES string of the molecule is C=C(/C=N\N)c1ccc(N2CC3(CCN(C(=O)C(C)(C)O)CC3)N(Cc3cccc(OC)c3)C2=O)nc1. The standard InChI is InChI=1S/C27H34N6O4/c1-19(15-30-28)21-8-9-23(29-16-21)32-18-27(10-12-31(13-11-27)24(34)26(2,3)36)33(25(32)35)17-20-6-5-7-22(14-20)37-4/h5-9,14-16,36H,1,10-13,17-18,28H2,2-4H3/b30-15-. The number of aromatic nitrogens is 1. The largest absolute Gasteiger partial charge is 0.497 e. The van der Waals surface area contributed by atoms with Crippen LogP contribution in [-0.2, 0) is 11.3 Å². The second kappa shape index (κ2) is 10.2. The van der Waals surface area contributed by atoms with E-state index >= 15 is 0 Å². The van der Waals surface area contributed by atoms with Gasteiger partial charge in [-0.05, 0) is 62.1 Å². The number of aliphatic hydroxyl groups is 1. The number of hydrogen-bond donors (Lipinski definition) is 2. The van der Waals surface area contributed by atoms with Crippen molar-refractivity contribution in [2.45, 2.75) is 44.4 Å². The summed E-state index contributed by atoms with van der Waals surface area (Å²) < 4.78 is 5.38. The molecule has 3 N–H and O–H groups in total. The van der Waals surface area contributed by atoms with Crippen LogP contribution >= 0.6 is 0 Å². The van der Waals surface area contributed by atoms with Crippen LogP contribution in [0.3, 0.4) is 0 Å². The van der Waals surface area contributed by atoms with Gasteiger partial charge in [0, 0.05) is 31.4 Å². The Morgan fingerprint density at radius 2 is 2.03 bits per heavy atom. The minimum Gasteiger partial charge on any atom is -0.497 e. The number of urea groups is 1. The van der Waals surface area contributed by atoms with Crippen LogP contribution < -0.4 is 15.5 Å². The summed E-state index contributed by atoms with van der Waals surface area (Å²) in [5, 5.41) is 13.7. The second-order valence-electron chi connectivity index (χ2n) is 10.1. The first-order chi connectivity index (χ1) is 17.6. The van der Waals surface area contributed by atoms with Gasteiger partial charge in [0.1, 0.15) is 17.2 Å². The van der Waals surface area contributed by atoms with Gasteiger partial charge in [0.05, 0.1) is 25.4 Å². The lowest BCUT2D eigenvalue weighted by molar-refractivity contribution is -0.150. The zero-order valence-electron chi connectivity index (χ0n) is 21.6. The summed E-state index contributed by atoms with van der Waals surface area (Å²) in [4.78, 5) is 36.3. The molecule has 2 aliphatic rings. The minimum atomic E-state index is -1.44. The van der Waals surface area contributed by atoms with Gasteiger partial charge in [-0.25, -0.2) is 9.78 Å². The number of ether oxygens (including phenoxy) is 1. The van der Waals surface area contributed by atoms with Crippen molar-refractivity contribution in [1.82, 2.24) is 14.8 Å². The second-order valence-corrected chi connectivity index (χ2v) is 10.1. The molecule has 2 fully saturated rings. The number of nitrogens with two attached hydrogens (primary N) is 1. The van der Waals surface area contributed by atoms with Crippen molar-refractivity contribution >= 4 is 29.5 Å². The maximum atomic E-state index is 13.8. The molecule has 0 saturated carbocycles. The number of hydrazone groups is 1. The van der Waals surface area contributed by atoms with E-state index in [0.717, 1.165) is 16.9 Å². The lowest BCUT2D eigenvalue weighted by Gasteiger charge is -2.44. The summed E-state index contributed by atoms with van der Waals surface area (Å²) in [6, 6.07) is 11.1. The van der Waals surface area contributed by atoms with E-state index in [0.29, 0.717) is 50.4 Å². The van der Waals surface area contributed by atoms with Crippen LogP contribution in [0, 0.1) is 0 Å². The van der Waals surface area contributed by atoms with Crippen molar-refractivity contribution in [3.63, 3.8) is 0 Å². The predicted molar refractivity (Wildman–Crippen MR) is 142 cm³/mol. The van der Waals surface area contributed by atoms with Gasteiger partial charge in [-0.15, -0.1) is 0 Å². The number of pyridine rings is 1. The summed E-state index contributed by atoms with van der Waals surface area (Å²) in [6.07, 6.45) is 4.27. The number of benzene rings is 1. The molecule has 3 heterocycles. The van der Waals surface area contributed by atoms with Gasteiger partial charge in [-0.3, -0.25) is 9.69 Å². The number of anilines is 1. The highest BCUT2D eigenvalue weighted by molar-refractivity contribution is 6.08. The van der Waals surface area contributed by atoms with E-state index in [1.165, 1.54) is 20.1 Å². The summed E-state index contributed by atoms with van der Waals surface area (Å²) in [7, 11) is 1.61. The van der Waals surface area contributed by atoms with Crippen molar-refractivity contribution in [1.29, 1.82) is 0 Å². The van der Waals surface area contributed by atoms with E-state index in [2.05, 4.69) is 16.7 Å². The average molecular weight is 507 g/mol. The molecule has 0 atom stereocenters. The molecule has 2 aromatic rings. The molecule has 10 heteroatoms. The number of piperidine rings is 1. The molecule has 2 saturated heterocycles. The Morgan fingerprint density at radius 3 is 2.62 bits per heavy atom. The number of amides is 3. The molecular weight excluding hydrogens is 472 g/mol. The van der Waals surface area contributed by atoms with Gasteiger partial charge in [0.2, 0.25) is 0 Å². The Labute approximate surface area is 217 Å². The summed E-state index contributed by atoms with van der Waals surface area (Å²) in [5.74, 6) is 6.18. The van der Waals surface area contributed by atoms with Gasteiger partial charge in [0.25, 0.3) is 5.91 Å². The van der Waals surface area contributed by atoms with Gasteiger partial charge < -0.3 is 25.5 Å². The fraction of sp³-hybridized carbons (Fsp3) is 0.407. The van der Waals surface area contributed by atoms with Crippen LogP contribution in [0.4, 0.5) is 10.6 Å². The number of methoxy groups -OCH3 is 1. The average Bonchev–Trinajstić information content (AvgIpc) is 3.14. The number of rotatable bonds is 7. The molecule has 0 unspecified atom stereocenters. The van der Waals surface area contributed by atoms with Crippen LogP contribution in [0.2, 0.25) is 0 Å². The molecule has 196 valence electrons. The highest BCUT2D eigenvalue weighted by Crippen LogP contribution is 2.39. The first-order valence-corrected chi connectivity index (χ1v) is 12.2. The van der Waals surface area contributed by atoms with E-state index in [1.807, 2.05) is 35.2 Å². The maximum absolute atomic E-state index is 13.8. The first-order valence-electron chi connectivity index (χ1n) is 12.2. The number of hydrogen-bond acceptors (Lipinski definition) is 7. The molecule has 0 radical (unpaired) electrons. The highest BCUT2D eigenvalue weighted by Gasteiger charge is 2.52. The highest BCUT2D eigenvalue weighted by atomic mass is 16.5. The molecular formula is C27H34N6O4. The molecule has 1 aromatic heterocycles. The van der Waals surface area contributed by atoms with E-state index in [4.69, 9.17) is 10.6 Å². The fourth-order valence-electron chi connectivity index (χ4n) is 5.00. The molecule has 10 nitrogen and oxygen atoms in total. The molecule has 1 aromatic carbocycles. The van der Waals surface area contributed by atoms with Crippen LogP contribution in [0.25, 0.3) is 5.57 Å². The van der Waals surface area contributed by atoms with Crippen LogP contribution in [0.15, 0.2) is 54.3 Å². The van der Waals surface area contributed by atoms with Crippen LogP contribution in [-0.4, -0.2) is 75.9 Å². The molecule has 37 heavy (non-hydrogen) atoms. The van der Waals surface area contributed by atoms with Gasteiger partial charge >= 0.3 is 6.03 Å². The predicted octanol–water partition coefficient (Wildman–Crippen LogP) is 2.62. The van der Waals surface area contributed by atoms with Crippen molar-refractivity contribution in [2.24, 2.45) is 10.9 Å². The zero-order valence-corrected chi connectivity index (χ0v) is 21.6. The fourth-order valence-corrected chi connectivity index (χ4v) is 5.00. The summed E-state index contributed by atoms with van der Waals surface area (Å²) >= 11 is 0. The topological polar surface area (TPSA) is 125 Å². The van der Waals surface area contributed by atoms with Crippen molar-refractivity contribution in [2.75, 3.05) is 31.6 Å². The van der Waals surface area contributed by atoms with E-state index < -0.39 is 11.1 Å². The third kappa shape index (κ3) is 5.29. The Bertz CT molecular complexity index is 1200. The molecule has 3 amide bonds. The Hall–Kier alpha value is -3.92. The van der Waals surface area contributed by atoms with Crippen molar-refractivity contribution < 1.29 is 19.4 Å². The lowest BCUT2D eigenvalue weighted by Crippen LogP contribution is -2.57. The quantitative estimate of drug-likeness (QED) is 0.338. The Balaban J connectivity index is 1.62.